The van der Waals surface area contributed by atoms with Crippen LogP contribution < -0.4 is 5.32 Å². The molecular formula is C18H27FN6O3S. The highest BCUT2D eigenvalue weighted by Gasteiger charge is 2.24. The summed E-state index contributed by atoms with van der Waals surface area (Å²) in [6.07, 6.45) is 1.93. The maximum absolute atomic E-state index is 13.2. The number of benzene rings is 1. The van der Waals surface area contributed by atoms with E-state index in [-0.39, 0.29) is 17.8 Å². The normalized spacial score (nSPS) is 13.1. The molecule has 0 aliphatic carbocycles. The SMILES string of the molecule is Cc1nnnn1[C@@H](Cc1ccc(F)cc1)C(=O)NCCCN(C(C)C)S(C)(=O)=O. The van der Waals surface area contributed by atoms with E-state index in [1.165, 1.54) is 27.4 Å². The van der Waals surface area contributed by atoms with Crippen LogP contribution in [0.1, 0.15) is 37.7 Å². The van der Waals surface area contributed by atoms with Gasteiger partial charge in [-0.3, -0.25) is 4.79 Å². The number of nitrogens with zero attached hydrogens (tertiary/aromatic N) is 5. The molecule has 2 rings (SSSR count). The molecule has 1 aromatic heterocycles. The largest absolute Gasteiger partial charge is 0.354 e. The number of tetrazole rings is 1. The van der Waals surface area contributed by atoms with E-state index in [0.29, 0.717) is 31.8 Å². The number of carbonyl (C=O) groups is 1. The van der Waals surface area contributed by atoms with E-state index in [1.54, 1.807) is 32.9 Å². The van der Waals surface area contributed by atoms with Gasteiger partial charge in [-0.2, -0.15) is 4.31 Å². The summed E-state index contributed by atoms with van der Waals surface area (Å²) in [5.41, 5.74) is 0.768. The second kappa shape index (κ2) is 9.88. The maximum Gasteiger partial charge on any atom is 0.245 e. The minimum Gasteiger partial charge on any atom is -0.354 e. The minimum atomic E-state index is -3.31. The second-order valence-electron chi connectivity index (χ2n) is 7.13. The molecule has 1 atom stereocenters. The van der Waals surface area contributed by atoms with E-state index >= 15 is 0 Å². The zero-order chi connectivity index (χ0) is 21.6. The number of hydrogen-bond acceptors (Lipinski definition) is 6. The van der Waals surface area contributed by atoms with Crippen LogP contribution in [0.3, 0.4) is 0 Å². The molecule has 0 bridgehead atoms. The third kappa shape index (κ3) is 6.57. The van der Waals surface area contributed by atoms with Gasteiger partial charge in [0.1, 0.15) is 17.7 Å². The first-order valence-corrected chi connectivity index (χ1v) is 11.2. The molecule has 0 aliphatic heterocycles. The van der Waals surface area contributed by atoms with Gasteiger partial charge in [-0.05, 0) is 55.3 Å². The van der Waals surface area contributed by atoms with E-state index < -0.39 is 16.1 Å². The van der Waals surface area contributed by atoms with Crippen molar-refractivity contribution in [2.45, 2.75) is 45.7 Å². The summed E-state index contributed by atoms with van der Waals surface area (Å²) in [4.78, 5) is 12.8. The molecule has 11 heteroatoms. The number of halogens is 1. The van der Waals surface area contributed by atoms with Crippen LogP contribution in [0.4, 0.5) is 4.39 Å². The first-order valence-electron chi connectivity index (χ1n) is 9.33. The monoisotopic (exact) mass is 426 g/mol. The lowest BCUT2D eigenvalue weighted by Gasteiger charge is -2.24. The molecule has 160 valence electrons. The van der Waals surface area contributed by atoms with Crippen molar-refractivity contribution in [3.05, 3.63) is 41.5 Å². The predicted octanol–water partition coefficient (Wildman–Crippen LogP) is 1.08. The Morgan fingerprint density at radius 3 is 2.45 bits per heavy atom. The van der Waals surface area contributed by atoms with Gasteiger partial charge in [0.25, 0.3) is 0 Å². The molecule has 0 saturated heterocycles. The van der Waals surface area contributed by atoms with Crippen LogP contribution in [0.5, 0.6) is 0 Å². The summed E-state index contributed by atoms with van der Waals surface area (Å²) in [7, 11) is -3.31. The van der Waals surface area contributed by atoms with Gasteiger partial charge < -0.3 is 5.32 Å². The van der Waals surface area contributed by atoms with E-state index in [1.807, 2.05) is 0 Å². The molecule has 29 heavy (non-hydrogen) atoms. The Labute approximate surface area is 170 Å². The first kappa shape index (κ1) is 22.9. The van der Waals surface area contributed by atoms with Gasteiger partial charge in [-0.1, -0.05) is 12.1 Å². The van der Waals surface area contributed by atoms with E-state index in [2.05, 4.69) is 20.8 Å². The van der Waals surface area contributed by atoms with Gasteiger partial charge in [0.2, 0.25) is 15.9 Å². The van der Waals surface area contributed by atoms with Crippen molar-refractivity contribution in [1.29, 1.82) is 0 Å². The third-order valence-electron chi connectivity index (χ3n) is 4.45. The first-order chi connectivity index (χ1) is 13.6. The fourth-order valence-corrected chi connectivity index (χ4v) is 4.26. The molecule has 1 amide bonds. The molecule has 9 nitrogen and oxygen atoms in total. The van der Waals surface area contributed by atoms with Crippen molar-refractivity contribution in [2.24, 2.45) is 0 Å². The summed E-state index contributed by atoms with van der Waals surface area (Å²) in [5, 5.41) is 14.1. The average molecular weight is 427 g/mol. The van der Waals surface area contributed by atoms with Gasteiger partial charge in [-0.25, -0.2) is 17.5 Å². The number of hydrogen-bond donors (Lipinski definition) is 1. The zero-order valence-corrected chi connectivity index (χ0v) is 17.9. The van der Waals surface area contributed by atoms with Crippen LogP contribution in [0.2, 0.25) is 0 Å². The Balaban J connectivity index is 2.02. The summed E-state index contributed by atoms with van der Waals surface area (Å²) < 4.78 is 39.6. The van der Waals surface area contributed by atoms with Crippen molar-refractivity contribution in [3.63, 3.8) is 0 Å². The van der Waals surface area contributed by atoms with Gasteiger partial charge in [-0.15, -0.1) is 5.10 Å². The highest BCUT2D eigenvalue weighted by atomic mass is 32.2. The quantitative estimate of drug-likeness (QED) is 0.569. The number of nitrogens with one attached hydrogen (secondary N) is 1. The van der Waals surface area contributed by atoms with Gasteiger partial charge in [0, 0.05) is 25.6 Å². The van der Waals surface area contributed by atoms with Crippen molar-refractivity contribution in [1.82, 2.24) is 29.8 Å². The molecule has 0 unspecified atom stereocenters. The Kier molecular flexibility index (Phi) is 7.80. The van der Waals surface area contributed by atoms with Crippen molar-refractivity contribution >= 4 is 15.9 Å². The highest BCUT2D eigenvalue weighted by molar-refractivity contribution is 7.88. The fourth-order valence-electron chi connectivity index (χ4n) is 3.03. The van der Waals surface area contributed by atoms with E-state index in [0.717, 1.165) is 5.56 Å². The van der Waals surface area contributed by atoms with E-state index in [4.69, 9.17) is 0 Å². The molecular weight excluding hydrogens is 399 g/mol. The van der Waals surface area contributed by atoms with Crippen LogP contribution in [0.15, 0.2) is 24.3 Å². The van der Waals surface area contributed by atoms with E-state index in [9.17, 15) is 17.6 Å². The summed E-state index contributed by atoms with van der Waals surface area (Å²) in [5.74, 6) is -0.163. The number of aryl methyl sites for hydroxylation is 1. The Hall–Kier alpha value is -2.40. The molecule has 1 N–H and O–H groups in total. The third-order valence-corrected chi connectivity index (χ3v) is 5.91. The number of amides is 1. The van der Waals surface area contributed by atoms with Gasteiger partial charge in [0.05, 0.1) is 6.26 Å². The van der Waals surface area contributed by atoms with Gasteiger partial charge in [0.15, 0.2) is 0 Å². The van der Waals surface area contributed by atoms with Crippen molar-refractivity contribution < 1.29 is 17.6 Å². The molecule has 0 saturated carbocycles. The molecule has 0 radical (unpaired) electrons. The van der Waals surface area contributed by atoms with Crippen LogP contribution >= 0.6 is 0 Å². The number of carbonyl (C=O) groups excluding carboxylic acids is 1. The lowest BCUT2D eigenvalue weighted by atomic mass is 10.1. The molecule has 0 fully saturated rings. The molecule has 0 spiro atoms. The van der Waals surface area contributed by atoms with Gasteiger partial charge >= 0.3 is 0 Å². The minimum absolute atomic E-state index is 0.157. The smallest absolute Gasteiger partial charge is 0.245 e. The average Bonchev–Trinajstić information content (AvgIpc) is 3.05. The molecule has 0 aliphatic rings. The van der Waals surface area contributed by atoms with Crippen LogP contribution in [0.25, 0.3) is 0 Å². The number of aromatic nitrogens is 4. The maximum atomic E-state index is 13.2. The lowest BCUT2D eigenvalue weighted by Crippen LogP contribution is -2.39. The van der Waals surface area contributed by atoms with Crippen molar-refractivity contribution in [2.75, 3.05) is 19.3 Å². The Morgan fingerprint density at radius 1 is 1.28 bits per heavy atom. The standard InChI is InChI=1S/C18H27FN6O3S/c1-13(2)24(29(4,27)28)11-5-10-20-18(26)17(25-14(3)21-22-23-25)12-15-6-8-16(19)9-7-15/h6-9,13,17H,5,10-12H2,1-4H3,(H,20,26)/t17-/m0/s1. The fraction of sp³-hybridized carbons (Fsp3) is 0.556. The number of rotatable bonds is 10. The lowest BCUT2D eigenvalue weighted by molar-refractivity contribution is -0.124. The molecule has 1 heterocycles. The second-order valence-corrected chi connectivity index (χ2v) is 9.06. The van der Waals surface area contributed by atoms with Crippen LogP contribution in [-0.4, -0.2) is 64.2 Å². The summed E-state index contributed by atoms with van der Waals surface area (Å²) >= 11 is 0. The molecule has 2 aromatic rings. The summed E-state index contributed by atoms with van der Waals surface area (Å²) in [6.45, 7) is 5.91. The van der Waals surface area contributed by atoms with Crippen molar-refractivity contribution in [3.8, 4) is 0 Å². The zero-order valence-electron chi connectivity index (χ0n) is 17.0. The number of sulfonamides is 1. The topological polar surface area (TPSA) is 110 Å². The molecule has 1 aromatic carbocycles. The van der Waals surface area contributed by atoms with Crippen LogP contribution in [0, 0.1) is 12.7 Å². The Morgan fingerprint density at radius 2 is 1.93 bits per heavy atom. The summed E-state index contributed by atoms with van der Waals surface area (Å²) in [6, 6.07) is 5.04. The highest BCUT2D eigenvalue weighted by Crippen LogP contribution is 2.16. The van der Waals surface area contributed by atoms with Crippen LogP contribution in [-0.2, 0) is 21.2 Å². The predicted molar refractivity (Wildman–Crippen MR) is 106 cm³/mol. The Bertz CT molecular complexity index is 914.